The maximum absolute atomic E-state index is 11.9. The number of nitrogens with zero attached hydrogens (tertiary/aromatic N) is 2. The zero-order valence-electron chi connectivity index (χ0n) is 10.1. The zero-order chi connectivity index (χ0) is 13.9. The molecule has 1 aromatic heterocycles. The highest BCUT2D eigenvalue weighted by Crippen LogP contribution is 2.12. The lowest BCUT2D eigenvalue weighted by Gasteiger charge is -2.05. The Kier molecular flexibility index (Phi) is 4.18. The summed E-state index contributed by atoms with van der Waals surface area (Å²) in [6, 6.07) is 6.70. The summed E-state index contributed by atoms with van der Waals surface area (Å²) in [5.74, 6) is 0.543. The van der Waals surface area contributed by atoms with Crippen LogP contribution in [-0.2, 0) is 22.3 Å². The van der Waals surface area contributed by atoms with Crippen molar-refractivity contribution in [1.82, 2.24) is 14.9 Å². The van der Waals surface area contributed by atoms with Crippen LogP contribution in [-0.4, -0.2) is 18.6 Å². The molecule has 0 amide bonds. The number of benzene rings is 1. The van der Waals surface area contributed by atoms with E-state index in [0.717, 1.165) is 0 Å². The molecule has 0 saturated heterocycles. The van der Waals surface area contributed by atoms with Crippen LogP contribution in [0.5, 0.6) is 0 Å². The van der Waals surface area contributed by atoms with Crippen molar-refractivity contribution in [3.63, 3.8) is 0 Å². The molecule has 1 N–H and O–H groups in total. The van der Waals surface area contributed by atoms with Crippen LogP contribution >= 0.6 is 11.6 Å². The van der Waals surface area contributed by atoms with E-state index >= 15 is 0 Å². The molecule has 0 aliphatic rings. The highest BCUT2D eigenvalue weighted by molar-refractivity contribution is 7.88. The van der Waals surface area contributed by atoms with Gasteiger partial charge in [0.1, 0.15) is 0 Å². The Morgan fingerprint density at radius 1 is 1.42 bits per heavy atom. The Morgan fingerprint density at radius 2 is 2.21 bits per heavy atom. The van der Waals surface area contributed by atoms with Crippen molar-refractivity contribution in [3.05, 3.63) is 46.6 Å². The van der Waals surface area contributed by atoms with E-state index in [1.807, 2.05) is 0 Å². The Labute approximate surface area is 115 Å². The summed E-state index contributed by atoms with van der Waals surface area (Å²) in [7, 11) is -3.47. The molecule has 0 atom stereocenters. The maximum atomic E-state index is 11.9. The molecule has 1 aromatic carbocycles. The molecule has 2 aromatic rings. The number of aryl methyl sites for hydroxylation is 1. The number of hydrogen-bond donors (Lipinski definition) is 1. The van der Waals surface area contributed by atoms with Gasteiger partial charge in [0.25, 0.3) is 0 Å². The van der Waals surface area contributed by atoms with E-state index in [4.69, 9.17) is 16.1 Å². The SMILES string of the molecule is Cc1nc(CNS(=O)(=O)Cc2cccc(Cl)c2)no1. The van der Waals surface area contributed by atoms with Gasteiger partial charge in [0.15, 0.2) is 5.82 Å². The Morgan fingerprint density at radius 3 is 2.84 bits per heavy atom. The lowest BCUT2D eigenvalue weighted by atomic mass is 10.2. The minimum Gasteiger partial charge on any atom is -0.340 e. The minimum atomic E-state index is -3.47. The molecule has 0 saturated carbocycles. The molecule has 0 aliphatic carbocycles. The van der Waals surface area contributed by atoms with E-state index in [2.05, 4.69) is 14.9 Å². The summed E-state index contributed by atoms with van der Waals surface area (Å²) in [5.41, 5.74) is 0.615. The molecule has 0 spiro atoms. The first-order valence-electron chi connectivity index (χ1n) is 5.45. The van der Waals surface area contributed by atoms with E-state index < -0.39 is 10.0 Å². The molecule has 19 heavy (non-hydrogen) atoms. The highest BCUT2D eigenvalue weighted by atomic mass is 35.5. The number of rotatable bonds is 5. The summed E-state index contributed by atoms with van der Waals surface area (Å²) in [5, 5.41) is 4.11. The van der Waals surface area contributed by atoms with Crippen LogP contribution < -0.4 is 4.72 Å². The van der Waals surface area contributed by atoms with Crippen molar-refractivity contribution in [2.75, 3.05) is 0 Å². The molecule has 6 nitrogen and oxygen atoms in total. The molecule has 2 rings (SSSR count). The third-order valence-electron chi connectivity index (χ3n) is 2.27. The fourth-order valence-electron chi connectivity index (χ4n) is 1.48. The lowest BCUT2D eigenvalue weighted by Crippen LogP contribution is -2.25. The third-order valence-corrected chi connectivity index (χ3v) is 3.80. The molecule has 1 heterocycles. The van der Waals surface area contributed by atoms with Gasteiger partial charge >= 0.3 is 0 Å². The van der Waals surface area contributed by atoms with Gasteiger partial charge in [-0.15, -0.1) is 0 Å². The first-order chi connectivity index (χ1) is 8.94. The second kappa shape index (κ2) is 5.68. The summed E-state index contributed by atoms with van der Waals surface area (Å²) in [4.78, 5) is 3.91. The number of hydrogen-bond acceptors (Lipinski definition) is 5. The number of sulfonamides is 1. The van der Waals surface area contributed by atoms with Crippen molar-refractivity contribution in [2.45, 2.75) is 19.2 Å². The second-order valence-electron chi connectivity index (χ2n) is 3.94. The summed E-state index contributed by atoms with van der Waals surface area (Å²) >= 11 is 5.80. The topological polar surface area (TPSA) is 85.1 Å². The van der Waals surface area contributed by atoms with Crippen molar-refractivity contribution >= 4 is 21.6 Å². The Balaban J connectivity index is 1.99. The number of nitrogens with one attached hydrogen (secondary N) is 1. The van der Waals surface area contributed by atoms with Crippen LogP contribution in [0.15, 0.2) is 28.8 Å². The molecule has 0 bridgehead atoms. The molecular weight excluding hydrogens is 290 g/mol. The summed E-state index contributed by atoms with van der Waals surface area (Å²) in [6.07, 6.45) is 0. The van der Waals surface area contributed by atoms with Gasteiger partial charge in [-0.2, -0.15) is 4.98 Å². The third kappa shape index (κ3) is 4.30. The standard InChI is InChI=1S/C11H12ClN3O3S/c1-8-14-11(15-18-8)6-13-19(16,17)7-9-3-2-4-10(12)5-9/h2-5,13H,6-7H2,1H3. The minimum absolute atomic E-state index is 0.000237. The van der Waals surface area contributed by atoms with Crippen molar-refractivity contribution in [2.24, 2.45) is 0 Å². The largest absolute Gasteiger partial charge is 0.340 e. The van der Waals surface area contributed by atoms with Crippen molar-refractivity contribution in [3.8, 4) is 0 Å². The van der Waals surface area contributed by atoms with Crippen LogP contribution in [0.2, 0.25) is 5.02 Å². The van der Waals surface area contributed by atoms with Gasteiger partial charge in [0, 0.05) is 11.9 Å². The van der Waals surface area contributed by atoms with Crippen LogP contribution in [0.25, 0.3) is 0 Å². The number of halogens is 1. The molecule has 0 fully saturated rings. The second-order valence-corrected chi connectivity index (χ2v) is 6.18. The van der Waals surface area contributed by atoms with Gasteiger partial charge in [0.2, 0.25) is 15.9 Å². The molecule has 102 valence electrons. The van der Waals surface area contributed by atoms with Gasteiger partial charge in [0.05, 0.1) is 12.3 Å². The number of aromatic nitrogens is 2. The quantitative estimate of drug-likeness (QED) is 0.907. The molecule has 8 heteroatoms. The molecular formula is C11H12ClN3O3S. The van der Waals surface area contributed by atoms with E-state index in [1.165, 1.54) is 0 Å². The van der Waals surface area contributed by atoms with Crippen LogP contribution in [0.4, 0.5) is 0 Å². The first kappa shape index (κ1) is 14.0. The van der Waals surface area contributed by atoms with E-state index in [9.17, 15) is 8.42 Å². The summed E-state index contributed by atoms with van der Waals surface area (Å²) in [6.45, 7) is 1.64. The average Bonchev–Trinajstić information content (AvgIpc) is 2.72. The van der Waals surface area contributed by atoms with E-state index in [0.29, 0.717) is 22.3 Å². The maximum Gasteiger partial charge on any atom is 0.223 e. The predicted octanol–water partition coefficient (Wildman–Crippen LogP) is 1.65. The van der Waals surface area contributed by atoms with Crippen molar-refractivity contribution in [1.29, 1.82) is 0 Å². The van der Waals surface area contributed by atoms with Gasteiger partial charge < -0.3 is 4.52 Å². The highest BCUT2D eigenvalue weighted by Gasteiger charge is 2.13. The van der Waals surface area contributed by atoms with Gasteiger partial charge in [-0.25, -0.2) is 13.1 Å². The molecule has 0 unspecified atom stereocenters. The fraction of sp³-hybridized carbons (Fsp3) is 0.273. The molecule has 0 radical (unpaired) electrons. The predicted molar refractivity (Wildman–Crippen MR) is 70.0 cm³/mol. The van der Waals surface area contributed by atoms with Gasteiger partial charge in [-0.3, -0.25) is 0 Å². The molecule has 0 aliphatic heterocycles. The monoisotopic (exact) mass is 301 g/mol. The Bertz CT molecular complexity index is 669. The smallest absolute Gasteiger partial charge is 0.223 e. The normalized spacial score (nSPS) is 11.7. The van der Waals surface area contributed by atoms with Gasteiger partial charge in [-0.1, -0.05) is 28.9 Å². The Hall–Kier alpha value is -1.44. The van der Waals surface area contributed by atoms with Crippen LogP contribution in [0.3, 0.4) is 0 Å². The van der Waals surface area contributed by atoms with E-state index in [1.54, 1.807) is 31.2 Å². The van der Waals surface area contributed by atoms with E-state index in [-0.39, 0.29) is 12.3 Å². The lowest BCUT2D eigenvalue weighted by molar-refractivity contribution is 0.387. The summed E-state index contributed by atoms with van der Waals surface area (Å²) < 4.78 is 30.9. The first-order valence-corrected chi connectivity index (χ1v) is 7.48. The average molecular weight is 302 g/mol. The van der Waals surface area contributed by atoms with Crippen LogP contribution in [0.1, 0.15) is 17.3 Å². The fourth-order valence-corrected chi connectivity index (χ4v) is 2.77. The zero-order valence-corrected chi connectivity index (χ0v) is 11.7. The van der Waals surface area contributed by atoms with Crippen LogP contribution in [0, 0.1) is 6.92 Å². The van der Waals surface area contributed by atoms with Gasteiger partial charge in [-0.05, 0) is 17.7 Å². The van der Waals surface area contributed by atoms with Crippen molar-refractivity contribution < 1.29 is 12.9 Å².